The first-order chi connectivity index (χ1) is 5.77. The third kappa shape index (κ3) is 0.551. The van der Waals surface area contributed by atoms with Crippen LogP contribution in [0.25, 0.3) is 0 Å². The summed E-state index contributed by atoms with van der Waals surface area (Å²) < 4.78 is 5.52. The largest absolute Gasteiger partial charge is 0.499 e. The summed E-state index contributed by atoms with van der Waals surface area (Å²) in [5, 5.41) is 0. The predicted octanol–water partition coefficient (Wildman–Crippen LogP) is 2.73. The van der Waals surface area contributed by atoms with Gasteiger partial charge in [-0.05, 0) is 43.4 Å². The van der Waals surface area contributed by atoms with Crippen molar-refractivity contribution in [2.45, 2.75) is 32.6 Å². The number of hydrogen-bond donors (Lipinski definition) is 0. The molecule has 3 rings (SSSR count). The van der Waals surface area contributed by atoms with Gasteiger partial charge in [-0.25, -0.2) is 0 Å². The van der Waals surface area contributed by atoms with Gasteiger partial charge in [-0.1, -0.05) is 6.58 Å². The average molecular weight is 164 g/mol. The molecule has 0 unspecified atom stereocenters. The van der Waals surface area contributed by atoms with Gasteiger partial charge in [-0.3, -0.25) is 0 Å². The van der Waals surface area contributed by atoms with Crippen molar-refractivity contribution < 1.29 is 4.74 Å². The van der Waals surface area contributed by atoms with Crippen LogP contribution in [0, 0.1) is 16.7 Å². The topological polar surface area (TPSA) is 9.23 Å². The second-order valence-corrected chi connectivity index (χ2v) is 4.64. The van der Waals surface area contributed by atoms with Gasteiger partial charge in [-0.2, -0.15) is 0 Å². The van der Waals surface area contributed by atoms with Crippen LogP contribution in [0.2, 0.25) is 0 Å². The van der Waals surface area contributed by atoms with E-state index in [0.29, 0.717) is 0 Å². The van der Waals surface area contributed by atoms with Crippen molar-refractivity contribution in [3.8, 4) is 0 Å². The van der Waals surface area contributed by atoms with Crippen LogP contribution in [-0.4, -0.2) is 6.61 Å². The zero-order valence-electron chi connectivity index (χ0n) is 7.73. The van der Waals surface area contributed by atoms with Crippen LogP contribution in [0.3, 0.4) is 0 Å². The zero-order valence-corrected chi connectivity index (χ0v) is 7.73. The highest BCUT2D eigenvalue weighted by atomic mass is 16.5. The van der Waals surface area contributed by atoms with E-state index >= 15 is 0 Å². The van der Waals surface area contributed by atoms with E-state index in [-0.39, 0.29) is 0 Å². The first-order valence-corrected chi connectivity index (χ1v) is 5.08. The molecular formula is C11H16O. The van der Waals surface area contributed by atoms with Gasteiger partial charge < -0.3 is 4.74 Å². The van der Waals surface area contributed by atoms with Gasteiger partial charge in [0.2, 0.25) is 0 Å². The molecule has 0 saturated heterocycles. The molecule has 3 saturated carbocycles. The van der Waals surface area contributed by atoms with Crippen molar-refractivity contribution in [3.63, 3.8) is 0 Å². The molecule has 0 bridgehead atoms. The first kappa shape index (κ1) is 6.99. The van der Waals surface area contributed by atoms with Gasteiger partial charge in [0, 0.05) is 5.92 Å². The Bertz CT molecular complexity index is 228. The quantitative estimate of drug-likeness (QED) is 0.583. The minimum absolute atomic E-state index is 0.721. The third-order valence-corrected chi connectivity index (χ3v) is 4.24. The summed E-state index contributed by atoms with van der Waals surface area (Å²) in [5.74, 6) is 1.84. The highest BCUT2D eigenvalue weighted by Gasteiger charge is 2.87. The Balaban J connectivity index is 1.76. The number of ether oxygens (including phenoxy) is 1. The molecule has 12 heavy (non-hydrogen) atoms. The van der Waals surface area contributed by atoms with Gasteiger partial charge >= 0.3 is 0 Å². The van der Waals surface area contributed by atoms with E-state index in [1.54, 1.807) is 0 Å². The molecule has 0 aromatic carbocycles. The van der Waals surface area contributed by atoms with Crippen LogP contribution in [-0.2, 0) is 4.74 Å². The van der Waals surface area contributed by atoms with Gasteiger partial charge in [0.05, 0.1) is 12.4 Å². The summed E-state index contributed by atoms with van der Waals surface area (Å²) in [5.41, 5.74) is 1.44. The van der Waals surface area contributed by atoms with Crippen LogP contribution in [0.1, 0.15) is 32.6 Å². The van der Waals surface area contributed by atoms with E-state index in [4.69, 9.17) is 4.74 Å². The fourth-order valence-corrected chi connectivity index (χ4v) is 3.47. The minimum atomic E-state index is 0.721. The van der Waals surface area contributed by atoms with E-state index in [0.717, 1.165) is 29.1 Å². The molecular weight excluding hydrogens is 148 g/mol. The van der Waals surface area contributed by atoms with Crippen molar-refractivity contribution in [3.05, 3.63) is 12.3 Å². The van der Waals surface area contributed by atoms with Crippen LogP contribution in [0.15, 0.2) is 12.3 Å². The molecule has 1 nitrogen and oxygen atoms in total. The van der Waals surface area contributed by atoms with Crippen molar-refractivity contribution in [1.29, 1.82) is 0 Å². The monoisotopic (exact) mass is 164 g/mol. The SMILES string of the molecule is C=C(OCC)C1C2(CC2)C12CC2. The highest BCUT2D eigenvalue weighted by molar-refractivity contribution is 5.40. The van der Waals surface area contributed by atoms with Gasteiger partial charge in [0.25, 0.3) is 0 Å². The number of fused-ring (bicyclic) bond motifs is 1. The van der Waals surface area contributed by atoms with Crippen LogP contribution in [0.5, 0.6) is 0 Å². The average Bonchev–Trinajstić information content (AvgIpc) is 2.83. The zero-order chi connectivity index (χ0) is 8.40. The predicted molar refractivity (Wildman–Crippen MR) is 47.6 cm³/mol. The molecule has 66 valence electrons. The molecule has 3 aliphatic carbocycles. The standard InChI is InChI=1S/C11H16O/c1-3-12-8(2)9-10(4-5-10)11(9)6-7-11/h9H,2-7H2,1H3. The maximum atomic E-state index is 5.52. The molecule has 3 fully saturated rings. The van der Waals surface area contributed by atoms with Crippen molar-refractivity contribution in [1.82, 2.24) is 0 Å². The summed E-state index contributed by atoms with van der Waals surface area (Å²) in [6.07, 6.45) is 5.79. The van der Waals surface area contributed by atoms with E-state index in [2.05, 4.69) is 6.58 Å². The smallest absolute Gasteiger partial charge is 0.0930 e. The van der Waals surface area contributed by atoms with Gasteiger partial charge in [0.1, 0.15) is 0 Å². The lowest BCUT2D eigenvalue weighted by atomic mass is 10.2. The lowest BCUT2D eigenvalue weighted by molar-refractivity contribution is 0.207. The van der Waals surface area contributed by atoms with Gasteiger partial charge in [0.15, 0.2) is 0 Å². The molecule has 0 N–H and O–H groups in total. The highest BCUT2D eigenvalue weighted by Crippen LogP contribution is 2.93. The van der Waals surface area contributed by atoms with Crippen LogP contribution >= 0.6 is 0 Å². The Hall–Kier alpha value is -0.460. The van der Waals surface area contributed by atoms with E-state index in [1.807, 2.05) is 6.92 Å². The molecule has 3 aliphatic rings. The molecule has 0 aliphatic heterocycles. The van der Waals surface area contributed by atoms with Gasteiger partial charge in [-0.15, -0.1) is 0 Å². The number of hydrogen-bond acceptors (Lipinski definition) is 1. The lowest BCUT2D eigenvalue weighted by Gasteiger charge is -2.04. The van der Waals surface area contributed by atoms with E-state index < -0.39 is 0 Å². The number of allylic oxidation sites excluding steroid dienone is 1. The van der Waals surface area contributed by atoms with E-state index in [9.17, 15) is 0 Å². The molecule has 0 aromatic rings. The second-order valence-electron chi connectivity index (χ2n) is 4.64. The maximum absolute atomic E-state index is 5.52. The normalized spacial score (nSPS) is 36.6. The Morgan fingerprint density at radius 3 is 2.17 bits per heavy atom. The number of rotatable bonds is 3. The molecule has 0 amide bonds. The molecule has 2 spiro atoms. The van der Waals surface area contributed by atoms with Crippen molar-refractivity contribution in [2.75, 3.05) is 6.61 Å². The fraction of sp³-hybridized carbons (Fsp3) is 0.818. The summed E-state index contributed by atoms with van der Waals surface area (Å²) in [6.45, 7) is 6.90. The molecule has 0 aromatic heterocycles. The van der Waals surface area contributed by atoms with Crippen LogP contribution in [0.4, 0.5) is 0 Å². The first-order valence-electron chi connectivity index (χ1n) is 5.08. The fourth-order valence-electron chi connectivity index (χ4n) is 3.47. The lowest BCUT2D eigenvalue weighted by Crippen LogP contribution is -1.94. The summed E-state index contributed by atoms with van der Waals surface area (Å²) in [6, 6.07) is 0. The van der Waals surface area contributed by atoms with Crippen molar-refractivity contribution >= 4 is 0 Å². The second kappa shape index (κ2) is 1.73. The summed E-state index contributed by atoms with van der Waals surface area (Å²) in [7, 11) is 0. The Morgan fingerprint density at radius 2 is 1.83 bits per heavy atom. The Kier molecular flexibility index (Phi) is 1.01. The third-order valence-electron chi connectivity index (χ3n) is 4.24. The molecule has 0 heterocycles. The Morgan fingerprint density at radius 1 is 1.33 bits per heavy atom. The maximum Gasteiger partial charge on any atom is 0.0930 e. The Labute approximate surface area is 73.8 Å². The molecule has 0 radical (unpaired) electrons. The summed E-state index contributed by atoms with van der Waals surface area (Å²) >= 11 is 0. The van der Waals surface area contributed by atoms with Crippen molar-refractivity contribution in [2.24, 2.45) is 16.7 Å². The van der Waals surface area contributed by atoms with Crippen LogP contribution < -0.4 is 0 Å². The molecule has 1 heteroatoms. The summed E-state index contributed by atoms with van der Waals surface area (Å²) in [4.78, 5) is 0. The molecule has 0 atom stereocenters. The minimum Gasteiger partial charge on any atom is -0.499 e. The van der Waals surface area contributed by atoms with E-state index in [1.165, 1.54) is 25.7 Å².